The summed E-state index contributed by atoms with van der Waals surface area (Å²) in [5.41, 5.74) is 0.155. The second-order valence-corrected chi connectivity index (χ2v) is 7.73. The van der Waals surface area contributed by atoms with E-state index in [1.807, 2.05) is 0 Å². The maximum atomic E-state index is 13.6. The van der Waals surface area contributed by atoms with Gasteiger partial charge in [0.05, 0.1) is 31.0 Å². The minimum atomic E-state index is -1.56. The fraction of sp³-hybridized carbons (Fsp3) is 0.550. The smallest absolute Gasteiger partial charge is 0.252 e. The molecule has 2 aliphatic heterocycles. The predicted molar refractivity (Wildman–Crippen MR) is 103 cm³/mol. The third-order valence-corrected chi connectivity index (χ3v) is 5.70. The second-order valence-electron chi connectivity index (χ2n) is 7.73. The maximum Gasteiger partial charge on any atom is 0.252 e. The lowest BCUT2D eigenvalue weighted by atomic mass is 9.98. The second kappa shape index (κ2) is 9.53. The van der Waals surface area contributed by atoms with E-state index in [-0.39, 0.29) is 24.5 Å². The Hall–Kier alpha value is -2.54. The van der Waals surface area contributed by atoms with Crippen LogP contribution in [0.25, 0.3) is 11.3 Å². The summed E-state index contributed by atoms with van der Waals surface area (Å²) >= 11 is 0. The monoisotopic (exact) mass is 456 g/mol. The van der Waals surface area contributed by atoms with Crippen LogP contribution in [0.3, 0.4) is 0 Å². The van der Waals surface area contributed by atoms with E-state index in [9.17, 15) is 23.1 Å². The molecule has 1 aromatic heterocycles. The van der Waals surface area contributed by atoms with Crippen molar-refractivity contribution in [2.45, 2.75) is 43.2 Å². The van der Waals surface area contributed by atoms with Gasteiger partial charge in [-0.3, -0.25) is 4.79 Å². The van der Waals surface area contributed by atoms with Crippen LogP contribution in [0, 0.1) is 17.5 Å². The lowest BCUT2D eigenvalue weighted by Gasteiger charge is -2.37. The van der Waals surface area contributed by atoms with Gasteiger partial charge in [0, 0.05) is 25.9 Å². The van der Waals surface area contributed by atoms with Crippen LogP contribution in [0.1, 0.15) is 18.9 Å². The number of rotatable bonds is 5. The van der Waals surface area contributed by atoms with Crippen LogP contribution >= 0.6 is 0 Å². The molecule has 1 aromatic carbocycles. The number of carbonyl (C=O) groups excluding carboxylic acids is 1. The van der Waals surface area contributed by atoms with Gasteiger partial charge in [0.1, 0.15) is 11.8 Å². The van der Waals surface area contributed by atoms with Crippen molar-refractivity contribution in [2.24, 2.45) is 0 Å². The largest absolute Gasteiger partial charge is 0.391 e. The number of halogens is 3. The minimum absolute atomic E-state index is 0.0225. The third-order valence-electron chi connectivity index (χ3n) is 5.70. The summed E-state index contributed by atoms with van der Waals surface area (Å²) in [5.74, 6) is -4.69. The first kappa shape index (κ1) is 22.6. The quantitative estimate of drug-likeness (QED) is 0.646. The summed E-state index contributed by atoms with van der Waals surface area (Å²) in [6.45, 7) is 0.839. The molecule has 0 bridgehead atoms. The molecule has 2 N–H and O–H groups in total. The molecule has 1 amide bonds. The van der Waals surface area contributed by atoms with Crippen molar-refractivity contribution in [2.75, 3.05) is 26.9 Å². The predicted octanol–water partition coefficient (Wildman–Crippen LogP) is 0.973. The molecular formula is C20H23F3N4O5. The number of aliphatic hydroxyl groups excluding tert-OH is 1. The van der Waals surface area contributed by atoms with Gasteiger partial charge in [-0.2, -0.15) is 0 Å². The highest BCUT2D eigenvalue weighted by atomic mass is 19.2. The molecule has 0 spiro atoms. The summed E-state index contributed by atoms with van der Waals surface area (Å²) in [6, 6.07) is 0.642. The number of ether oxygens (including phenoxy) is 3. The van der Waals surface area contributed by atoms with Gasteiger partial charge in [-0.25, -0.2) is 17.9 Å². The van der Waals surface area contributed by atoms with Crippen molar-refractivity contribution in [3.05, 3.63) is 35.8 Å². The average molecular weight is 456 g/mol. The molecule has 0 aliphatic carbocycles. The Balaban J connectivity index is 1.52. The van der Waals surface area contributed by atoms with E-state index in [4.69, 9.17) is 14.2 Å². The first-order chi connectivity index (χ1) is 15.4. The molecule has 2 aromatic rings. The molecule has 2 saturated heterocycles. The Morgan fingerprint density at radius 1 is 1.25 bits per heavy atom. The Morgan fingerprint density at radius 3 is 2.69 bits per heavy atom. The van der Waals surface area contributed by atoms with E-state index in [2.05, 4.69) is 15.6 Å². The molecule has 32 heavy (non-hydrogen) atoms. The number of methoxy groups -OCH3 is 1. The van der Waals surface area contributed by atoms with Crippen molar-refractivity contribution in [1.29, 1.82) is 0 Å². The lowest BCUT2D eigenvalue weighted by Crippen LogP contribution is -2.57. The van der Waals surface area contributed by atoms with Gasteiger partial charge in [0.25, 0.3) is 5.91 Å². The summed E-state index contributed by atoms with van der Waals surface area (Å²) in [5, 5.41) is 20.8. The molecule has 0 radical (unpaired) electrons. The number of nitrogens with one attached hydrogen (secondary N) is 1. The average Bonchev–Trinajstić information content (AvgIpc) is 3.28. The zero-order valence-electron chi connectivity index (χ0n) is 17.2. The van der Waals surface area contributed by atoms with E-state index < -0.39 is 53.8 Å². The zero-order valence-corrected chi connectivity index (χ0v) is 17.2. The van der Waals surface area contributed by atoms with Gasteiger partial charge < -0.3 is 24.6 Å². The maximum absolute atomic E-state index is 13.6. The normalized spacial score (nSPS) is 28.5. The van der Waals surface area contributed by atoms with Crippen molar-refractivity contribution in [3.8, 4) is 11.3 Å². The van der Waals surface area contributed by atoms with Gasteiger partial charge in [-0.05, 0) is 25.0 Å². The standard InChI is InChI=1S/C20H23F3N4O5/c1-30-18-15(2-5-32-19(18)20(29)24-14-9-31-4-3-16(14)28)27-8-13(25-26-27)10-6-11(21)17(23)12(22)7-10/h6-8,14-16,18-19,28H,2-5,9H2,1H3,(H,24,29)/t14-,15?,16-,18?,19?/m1/s1. The van der Waals surface area contributed by atoms with E-state index in [1.165, 1.54) is 18.0 Å². The van der Waals surface area contributed by atoms with Gasteiger partial charge in [-0.1, -0.05) is 5.21 Å². The van der Waals surface area contributed by atoms with Gasteiger partial charge in [-0.15, -0.1) is 5.10 Å². The van der Waals surface area contributed by atoms with Crippen molar-refractivity contribution in [1.82, 2.24) is 20.3 Å². The fourth-order valence-corrected chi connectivity index (χ4v) is 3.97. The van der Waals surface area contributed by atoms with Gasteiger partial charge >= 0.3 is 0 Å². The number of nitrogens with zero attached hydrogens (tertiary/aromatic N) is 3. The Labute approximate surface area is 181 Å². The number of hydrogen-bond acceptors (Lipinski definition) is 7. The fourth-order valence-electron chi connectivity index (χ4n) is 3.97. The molecule has 12 heteroatoms. The Kier molecular flexibility index (Phi) is 6.74. The van der Waals surface area contributed by atoms with Crippen LogP contribution in [0.5, 0.6) is 0 Å². The highest BCUT2D eigenvalue weighted by Crippen LogP contribution is 2.30. The number of aliphatic hydroxyl groups is 1. The zero-order chi connectivity index (χ0) is 22.8. The molecule has 0 saturated carbocycles. The molecule has 2 aliphatic rings. The van der Waals surface area contributed by atoms with Crippen LogP contribution in [-0.2, 0) is 19.0 Å². The summed E-state index contributed by atoms with van der Waals surface area (Å²) < 4.78 is 58.3. The van der Waals surface area contributed by atoms with E-state index in [0.29, 0.717) is 19.4 Å². The topological polar surface area (TPSA) is 108 Å². The van der Waals surface area contributed by atoms with Crippen LogP contribution < -0.4 is 5.32 Å². The van der Waals surface area contributed by atoms with Crippen LogP contribution in [0.2, 0.25) is 0 Å². The summed E-state index contributed by atoms with van der Waals surface area (Å²) in [6.07, 6.45) is -0.154. The number of carbonyl (C=O) groups is 1. The summed E-state index contributed by atoms with van der Waals surface area (Å²) in [7, 11) is 1.42. The van der Waals surface area contributed by atoms with E-state index in [0.717, 1.165) is 12.1 Å². The molecule has 3 heterocycles. The first-order valence-electron chi connectivity index (χ1n) is 10.2. The third kappa shape index (κ3) is 4.49. The highest BCUT2D eigenvalue weighted by molar-refractivity contribution is 5.82. The van der Waals surface area contributed by atoms with Crippen molar-refractivity contribution < 1.29 is 37.3 Å². The molecular weight excluding hydrogens is 433 g/mol. The molecule has 174 valence electrons. The van der Waals surface area contributed by atoms with Crippen LogP contribution in [0.4, 0.5) is 13.2 Å². The number of benzene rings is 1. The van der Waals surface area contributed by atoms with Gasteiger partial charge in [0.2, 0.25) is 0 Å². The number of amides is 1. The van der Waals surface area contributed by atoms with E-state index in [1.54, 1.807) is 0 Å². The first-order valence-corrected chi connectivity index (χ1v) is 10.2. The highest BCUT2D eigenvalue weighted by Gasteiger charge is 2.42. The number of hydrogen-bond donors (Lipinski definition) is 2. The molecule has 3 unspecified atom stereocenters. The summed E-state index contributed by atoms with van der Waals surface area (Å²) in [4.78, 5) is 12.8. The molecule has 9 nitrogen and oxygen atoms in total. The van der Waals surface area contributed by atoms with Crippen molar-refractivity contribution >= 4 is 5.91 Å². The molecule has 5 atom stereocenters. The number of aromatic nitrogens is 3. The molecule has 4 rings (SSSR count). The van der Waals surface area contributed by atoms with Crippen LogP contribution in [0.15, 0.2) is 18.3 Å². The van der Waals surface area contributed by atoms with E-state index >= 15 is 0 Å². The Morgan fingerprint density at radius 2 is 2.00 bits per heavy atom. The lowest BCUT2D eigenvalue weighted by molar-refractivity contribution is -0.159. The van der Waals surface area contributed by atoms with Crippen LogP contribution in [-0.4, -0.2) is 77.3 Å². The minimum Gasteiger partial charge on any atom is -0.391 e. The van der Waals surface area contributed by atoms with Gasteiger partial charge in [0.15, 0.2) is 23.6 Å². The Bertz CT molecular complexity index is 951. The van der Waals surface area contributed by atoms with Crippen molar-refractivity contribution in [3.63, 3.8) is 0 Å². The SMILES string of the molecule is COC1C(C(=O)N[C@@H]2COCC[C@H]2O)OCCC1n1cc(-c2cc(F)c(F)c(F)c2)nn1. The molecule has 2 fully saturated rings.